The zero-order valence-corrected chi connectivity index (χ0v) is 12.6. The second kappa shape index (κ2) is 5.44. The first-order chi connectivity index (χ1) is 7.98. The molecule has 1 aliphatic rings. The van der Waals surface area contributed by atoms with Crippen molar-refractivity contribution >= 4 is 20.2 Å². The molecule has 4 atom stereocenters. The van der Waals surface area contributed by atoms with Gasteiger partial charge in [0, 0.05) is 0 Å². The molecular formula is C10H20O6S2. The molecule has 0 radical (unpaired) electrons. The van der Waals surface area contributed by atoms with Crippen molar-refractivity contribution in [1.82, 2.24) is 0 Å². The Labute approximate surface area is 109 Å². The predicted molar refractivity (Wildman–Crippen MR) is 67.0 cm³/mol. The monoisotopic (exact) mass is 300 g/mol. The van der Waals surface area contributed by atoms with Crippen LogP contribution in [-0.4, -0.2) is 41.6 Å². The van der Waals surface area contributed by atoms with Crippen LogP contribution >= 0.6 is 0 Å². The van der Waals surface area contributed by atoms with E-state index in [2.05, 4.69) is 0 Å². The highest BCUT2D eigenvalue weighted by atomic mass is 32.2. The average molecular weight is 300 g/mol. The van der Waals surface area contributed by atoms with Crippen LogP contribution in [0.4, 0.5) is 0 Å². The van der Waals surface area contributed by atoms with Gasteiger partial charge in [0.2, 0.25) is 0 Å². The molecule has 0 spiro atoms. The first kappa shape index (κ1) is 15.9. The van der Waals surface area contributed by atoms with E-state index in [0.29, 0.717) is 12.8 Å². The molecule has 18 heavy (non-hydrogen) atoms. The summed E-state index contributed by atoms with van der Waals surface area (Å²) in [6, 6.07) is 0. The Bertz CT molecular complexity index is 434. The van der Waals surface area contributed by atoms with Crippen LogP contribution in [0.1, 0.15) is 26.7 Å². The minimum absolute atomic E-state index is 0.0670. The predicted octanol–water partition coefficient (Wildman–Crippen LogP) is 0.742. The average Bonchev–Trinajstić information content (AvgIpc) is 2.08. The summed E-state index contributed by atoms with van der Waals surface area (Å²) < 4.78 is 54.5. The third-order valence-corrected chi connectivity index (χ3v) is 4.27. The van der Waals surface area contributed by atoms with E-state index in [1.807, 2.05) is 13.8 Å². The van der Waals surface area contributed by atoms with Gasteiger partial charge in [-0.05, 0) is 24.7 Å². The number of hydrogen-bond acceptors (Lipinski definition) is 6. The molecule has 0 aromatic heterocycles. The van der Waals surface area contributed by atoms with E-state index in [1.54, 1.807) is 0 Å². The molecule has 0 amide bonds. The molecule has 108 valence electrons. The summed E-state index contributed by atoms with van der Waals surface area (Å²) in [5.41, 5.74) is 0. The van der Waals surface area contributed by atoms with Gasteiger partial charge in [-0.25, -0.2) is 0 Å². The van der Waals surface area contributed by atoms with E-state index < -0.39 is 32.4 Å². The maximum atomic E-state index is 11.1. The van der Waals surface area contributed by atoms with Crippen molar-refractivity contribution in [2.24, 2.45) is 11.8 Å². The van der Waals surface area contributed by atoms with Crippen molar-refractivity contribution in [2.45, 2.75) is 38.9 Å². The summed E-state index contributed by atoms with van der Waals surface area (Å²) in [7, 11) is -6.98. The van der Waals surface area contributed by atoms with Crippen molar-refractivity contribution in [1.29, 1.82) is 0 Å². The third-order valence-electron chi connectivity index (χ3n) is 3.07. The first-order valence-corrected chi connectivity index (χ1v) is 9.38. The van der Waals surface area contributed by atoms with Gasteiger partial charge < -0.3 is 0 Å². The molecule has 0 aromatic rings. The lowest BCUT2D eigenvalue weighted by Gasteiger charge is -2.36. The lowest BCUT2D eigenvalue weighted by molar-refractivity contribution is 0.0102. The summed E-state index contributed by atoms with van der Waals surface area (Å²) in [4.78, 5) is 0. The van der Waals surface area contributed by atoms with Gasteiger partial charge in [-0.2, -0.15) is 16.8 Å². The van der Waals surface area contributed by atoms with Gasteiger partial charge in [0.05, 0.1) is 24.7 Å². The molecule has 0 N–H and O–H groups in total. The van der Waals surface area contributed by atoms with Gasteiger partial charge in [0.1, 0.15) is 0 Å². The largest absolute Gasteiger partial charge is 0.267 e. The van der Waals surface area contributed by atoms with E-state index in [4.69, 9.17) is 8.37 Å². The Morgan fingerprint density at radius 2 is 1.06 bits per heavy atom. The summed E-state index contributed by atoms with van der Waals surface area (Å²) in [5, 5.41) is 0. The van der Waals surface area contributed by atoms with Crippen molar-refractivity contribution in [3.8, 4) is 0 Å². The molecule has 0 aliphatic heterocycles. The standard InChI is InChI=1S/C10H20O6S2/c1-7-5-10(16-18(4,13)14)8(2)6-9(7)15-17(3,11)12/h7-10H,5-6H2,1-4H3. The molecule has 0 bridgehead atoms. The fraction of sp³-hybridized carbons (Fsp3) is 1.00. The second-order valence-corrected chi connectivity index (χ2v) is 8.30. The van der Waals surface area contributed by atoms with E-state index in [9.17, 15) is 16.8 Å². The van der Waals surface area contributed by atoms with Crippen molar-refractivity contribution in [2.75, 3.05) is 12.5 Å². The minimum atomic E-state index is -3.49. The molecule has 1 saturated carbocycles. The van der Waals surface area contributed by atoms with Crippen LogP contribution in [0.3, 0.4) is 0 Å². The van der Waals surface area contributed by atoms with Crippen LogP contribution in [0.2, 0.25) is 0 Å². The lowest BCUT2D eigenvalue weighted by Crippen LogP contribution is -2.40. The molecule has 1 fully saturated rings. The number of rotatable bonds is 4. The van der Waals surface area contributed by atoms with Gasteiger partial charge in [-0.3, -0.25) is 8.37 Å². The van der Waals surface area contributed by atoms with Crippen molar-refractivity contribution in [3.63, 3.8) is 0 Å². The Balaban J connectivity index is 2.71. The lowest BCUT2D eigenvalue weighted by atomic mass is 9.80. The molecule has 4 unspecified atom stereocenters. The maximum Gasteiger partial charge on any atom is 0.264 e. The summed E-state index contributed by atoms with van der Waals surface area (Å²) in [6.45, 7) is 3.67. The highest BCUT2D eigenvalue weighted by molar-refractivity contribution is 7.86. The summed E-state index contributed by atoms with van der Waals surface area (Å²) >= 11 is 0. The smallest absolute Gasteiger partial charge is 0.264 e. The Hall–Kier alpha value is -0.180. The van der Waals surface area contributed by atoms with E-state index in [-0.39, 0.29) is 11.8 Å². The van der Waals surface area contributed by atoms with E-state index in [1.165, 1.54) is 0 Å². The molecule has 0 saturated heterocycles. The van der Waals surface area contributed by atoms with Gasteiger partial charge in [0.15, 0.2) is 0 Å². The van der Waals surface area contributed by atoms with Crippen LogP contribution in [0.5, 0.6) is 0 Å². The van der Waals surface area contributed by atoms with Crippen LogP contribution in [0, 0.1) is 11.8 Å². The first-order valence-electron chi connectivity index (χ1n) is 5.74. The molecule has 8 heteroatoms. The topological polar surface area (TPSA) is 86.7 Å². The molecular weight excluding hydrogens is 280 g/mol. The Kier molecular flexibility index (Phi) is 4.80. The molecule has 1 aliphatic carbocycles. The summed E-state index contributed by atoms with van der Waals surface area (Å²) in [5.74, 6) is -0.134. The maximum absolute atomic E-state index is 11.1. The molecule has 0 heterocycles. The van der Waals surface area contributed by atoms with Crippen LogP contribution < -0.4 is 0 Å². The zero-order chi connectivity index (χ0) is 14.1. The fourth-order valence-electron chi connectivity index (χ4n) is 2.22. The zero-order valence-electron chi connectivity index (χ0n) is 11.0. The SMILES string of the molecule is CC1CC(OS(C)(=O)=O)C(C)CC1OS(C)(=O)=O. The van der Waals surface area contributed by atoms with Gasteiger partial charge in [0.25, 0.3) is 20.2 Å². The third kappa shape index (κ3) is 5.21. The minimum Gasteiger partial charge on any atom is -0.267 e. The van der Waals surface area contributed by atoms with Crippen molar-refractivity contribution < 1.29 is 25.2 Å². The molecule has 1 rings (SSSR count). The Morgan fingerprint density at radius 1 is 0.778 bits per heavy atom. The number of hydrogen-bond donors (Lipinski definition) is 0. The van der Waals surface area contributed by atoms with E-state index in [0.717, 1.165) is 12.5 Å². The van der Waals surface area contributed by atoms with Crippen molar-refractivity contribution in [3.05, 3.63) is 0 Å². The highest BCUT2D eigenvalue weighted by Crippen LogP contribution is 2.34. The van der Waals surface area contributed by atoms with Gasteiger partial charge >= 0.3 is 0 Å². The van der Waals surface area contributed by atoms with E-state index >= 15 is 0 Å². The van der Waals surface area contributed by atoms with Gasteiger partial charge in [-0.15, -0.1) is 0 Å². The fourth-order valence-corrected chi connectivity index (χ4v) is 3.65. The molecule has 0 aromatic carbocycles. The quantitative estimate of drug-likeness (QED) is 0.712. The van der Waals surface area contributed by atoms with Crippen LogP contribution in [-0.2, 0) is 28.6 Å². The second-order valence-electron chi connectivity index (χ2n) is 5.10. The summed E-state index contributed by atoms with van der Waals surface area (Å²) in [6.07, 6.45) is 2.15. The normalized spacial score (nSPS) is 34.4. The Morgan fingerprint density at radius 3 is 1.28 bits per heavy atom. The van der Waals surface area contributed by atoms with Crippen LogP contribution in [0.15, 0.2) is 0 Å². The highest BCUT2D eigenvalue weighted by Gasteiger charge is 2.37. The van der Waals surface area contributed by atoms with Gasteiger partial charge in [-0.1, -0.05) is 13.8 Å². The molecule has 6 nitrogen and oxygen atoms in total. The van der Waals surface area contributed by atoms with Crippen LogP contribution in [0.25, 0.3) is 0 Å².